The number of methoxy groups -OCH3 is 1. The Balaban J connectivity index is 2.69. The molecule has 0 aliphatic carbocycles. The third-order valence-electron chi connectivity index (χ3n) is 2.02. The van der Waals surface area contributed by atoms with Crippen LogP contribution in [0.15, 0.2) is 0 Å². The molecular weight excluding hydrogens is 198 g/mol. The maximum Gasteiger partial charge on any atom is 0.419 e. The minimum atomic E-state index is -0.628. The fourth-order valence-electron chi connectivity index (χ4n) is 1.41. The standard InChI is InChI=1S/C10H17NO4/c1-10(2,3)15-9(13)11-7(12)5-6-8(11)14-4/h8H,5-6H2,1-4H3. The molecule has 0 spiro atoms. The summed E-state index contributed by atoms with van der Waals surface area (Å²) in [6.45, 7) is 5.27. The molecule has 1 unspecified atom stereocenters. The van der Waals surface area contributed by atoms with Crippen LogP contribution in [0.5, 0.6) is 0 Å². The Bertz CT molecular complexity index is 269. The van der Waals surface area contributed by atoms with Crippen LogP contribution in [-0.4, -0.2) is 35.8 Å². The van der Waals surface area contributed by atoms with Gasteiger partial charge in [-0.25, -0.2) is 9.69 Å². The van der Waals surface area contributed by atoms with Crippen LogP contribution in [0, 0.1) is 0 Å². The summed E-state index contributed by atoms with van der Waals surface area (Å²) in [7, 11) is 1.47. The van der Waals surface area contributed by atoms with Gasteiger partial charge in [-0.3, -0.25) is 4.79 Å². The molecule has 0 N–H and O–H groups in total. The first-order chi connectivity index (χ1) is 6.85. The largest absolute Gasteiger partial charge is 0.443 e. The topological polar surface area (TPSA) is 55.8 Å². The Morgan fingerprint density at radius 3 is 2.53 bits per heavy atom. The number of nitrogens with zero attached hydrogens (tertiary/aromatic N) is 1. The summed E-state index contributed by atoms with van der Waals surface area (Å²) < 4.78 is 10.1. The number of hydrogen-bond acceptors (Lipinski definition) is 4. The van der Waals surface area contributed by atoms with Gasteiger partial charge in [0.25, 0.3) is 0 Å². The van der Waals surface area contributed by atoms with E-state index < -0.39 is 17.9 Å². The Hall–Kier alpha value is -1.10. The van der Waals surface area contributed by atoms with Crippen LogP contribution in [0.4, 0.5) is 4.79 Å². The molecule has 0 aromatic rings. The van der Waals surface area contributed by atoms with Gasteiger partial charge in [0.05, 0.1) is 0 Å². The van der Waals surface area contributed by atoms with Gasteiger partial charge in [0.15, 0.2) is 0 Å². The van der Waals surface area contributed by atoms with E-state index in [0.29, 0.717) is 12.8 Å². The Morgan fingerprint density at radius 2 is 2.07 bits per heavy atom. The fraction of sp³-hybridized carbons (Fsp3) is 0.800. The molecule has 0 saturated carbocycles. The second-order valence-electron chi connectivity index (χ2n) is 4.47. The van der Waals surface area contributed by atoms with Crippen molar-refractivity contribution >= 4 is 12.0 Å². The molecule has 1 aliphatic heterocycles. The summed E-state index contributed by atoms with van der Waals surface area (Å²) in [5.74, 6) is -0.240. The van der Waals surface area contributed by atoms with E-state index in [4.69, 9.17) is 9.47 Å². The highest BCUT2D eigenvalue weighted by Crippen LogP contribution is 2.22. The fourth-order valence-corrected chi connectivity index (χ4v) is 1.41. The van der Waals surface area contributed by atoms with Gasteiger partial charge in [-0.15, -0.1) is 0 Å². The number of ether oxygens (including phenoxy) is 2. The van der Waals surface area contributed by atoms with Crippen molar-refractivity contribution in [1.29, 1.82) is 0 Å². The molecule has 1 fully saturated rings. The predicted molar refractivity (Wildman–Crippen MR) is 53.1 cm³/mol. The second-order valence-corrected chi connectivity index (χ2v) is 4.47. The normalized spacial score (nSPS) is 22.0. The van der Waals surface area contributed by atoms with Crippen molar-refractivity contribution in [3.63, 3.8) is 0 Å². The minimum Gasteiger partial charge on any atom is -0.443 e. The zero-order chi connectivity index (χ0) is 11.6. The average Bonchev–Trinajstić information content (AvgIpc) is 2.43. The van der Waals surface area contributed by atoms with Crippen molar-refractivity contribution in [1.82, 2.24) is 4.90 Å². The number of carbonyl (C=O) groups excluding carboxylic acids is 2. The van der Waals surface area contributed by atoms with Gasteiger partial charge in [0, 0.05) is 20.0 Å². The monoisotopic (exact) mass is 215 g/mol. The summed E-state index contributed by atoms with van der Waals surface area (Å²) in [5.41, 5.74) is -0.599. The number of amides is 2. The Morgan fingerprint density at radius 1 is 1.47 bits per heavy atom. The molecule has 1 atom stereocenters. The maximum absolute atomic E-state index is 11.6. The molecule has 86 valence electrons. The maximum atomic E-state index is 11.6. The first kappa shape index (κ1) is 12.0. The smallest absolute Gasteiger partial charge is 0.419 e. The molecular formula is C10H17NO4. The van der Waals surface area contributed by atoms with Crippen molar-refractivity contribution in [2.24, 2.45) is 0 Å². The molecule has 5 nitrogen and oxygen atoms in total. The van der Waals surface area contributed by atoms with Crippen molar-refractivity contribution in [3.8, 4) is 0 Å². The number of likely N-dealkylation sites (tertiary alicyclic amines) is 1. The van der Waals surface area contributed by atoms with Crippen molar-refractivity contribution in [2.75, 3.05) is 7.11 Å². The summed E-state index contributed by atoms with van der Waals surface area (Å²) >= 11 is 0. The average molecular weight is 215 g/mol. The number of hydrogen-bond donors (Lipinski definition) is 0. The Kier molecular flexibility index (Phi) is 3.34. The quantitative estimate of drug-likeness (QED) is 0.665. The van der Waals surface area contributed by atoms with Gasteiger partial charge in [-0.05, 0) is 20.8 Å². The highest BCUT2D eigenvalue weighted by Gasteiger charge is 2.38. The highest BCUT2D eigenvalue weighted by molar-refractivity contribution is 5.93. The van der Waals surface area contributed by atoms with Gasteiger partial charge in [0.2, 0.25) is 5.91 Å². The van der Waals surface area contributed by atoms with Crippen LogP contribution in [-0.2, 0) is 14.3 Å². The lowest BCUT2D eigenvalue weighted by Crippen LogP contribution is -2.42. The molecule has 1 rings (SSSR count). The van der Waals surface area contributed by atoms with Gasteiger partial charge < -0.3 is 9.47 Å². The zero-order valence-electron chi connectivity index (χ0n) is 9.57. The SMILES string of the molecule is COC1CCC(=O)N1C(=O)OC(C)(C)C. The third kappa shape index (κ3) is 2.92. The van der Waals surface area contributed by atoms with Crippen molar-refractivity contribution in [3.05, 3.63) is 0 Å². The van der Waals surface area contributed by atoms with E-state index >= 15 is 0 Å². The highest BCUT2D eigenvalue weighted by atomic mass is 16.6. The zero-order valence-corrected chi connectivity index (χ0v) is 9.57. The summed E-state index contributed by atoms with van der Waals surface area (Å²) in [6.07, 6.45) is -0.240. The van der Waals surface area contributed by atoms with Gasteiger partial charge in [-0.2, -0.15) is 0 Å². The lowest BCUT2D eigenvalue weighted by molar-refractivity contribution is -0.133. The van der Waals surface area contributed by atoms with Crippen LogP contribution < -0.4 is 0 Å². The van der Waals surface area contributed by atoms with E-state index in [0.717, 1.165) is 4.90 Å². The molecule has 0 aromatic carbocycles. The summed E-state index contributed by atoms with van der Waals surface area (Å²) in [5, 5.41) is 0. The molecule has 0 aromatic heterocycles. The third-order valence-corrected chi connectivity index (χ3v) is 2.02. The molecule has 15 heavy (non-hydrogen) atoms. The van der Waals surface area contributed by atoms with E-state index in [1.54, 1.807) is 20.8 Å². The molecule has 5 heteroatoms. The molecule has 0 bridgehead atoms. The lowest BCUT2D eigenvalue weighted by atomic mass is 10.2. The molecule has 1 heterocycles. The summed E-state index contributed by atoms with van der Waals surface area (Å²) in [6, 6.07) is 0. The number of carbonyl (C=O) groups is 2. The molecule has 0 radical (unpaired) electrons. The van der Waals surface area contributed by atoms with Crippen LogP contribution in [0.2, 0.25) is 0 Å². The van der Waals surface area contributed by atoms with E-state index in [1.807, 2.05) is 0 Å². The van der Waals surface area contributed by atoms with Crippen LogP contribution in [0.3, 0.4) is 0 Å². The van der Waals surface area contributed by atoms with Crippen LogP contribution >= 0.6 is 0 Å². The van der Waals surface area contributed by atoms with Gasteiger partial charge >= 0.3 is 6.09 Å². The minimum absolute atomic E-state index is 0.240. The lowest BCUT2D eigenvalue weighted by Gasteiger charge is -2.26. The van der Waals surface area contributed by atoms with Crippen LogP contribution in [0.25, 0.3) is 0 Å². The Labute approximate surface area is 89.3 Å². The molecule has 1 saturated heterocycles. The van der Waals surface area contributed by atoms with Crippen molar-refractivity contribution < 1.29 is 19.1 Å². The summed E-state index contributed by atoms with van der Waals surface area (Å²) in [4.78, 5) is 24.1. The number of imide groups is 1. The van der Waals surface area contributed by atoms with Gasteiger partial charge in [-0.1, -0.05) is 0 Å². The van der Waals surface area contributed by atoms with Gasteiger partial charge in [0.1, 0.15) is 11.8 Å². The van der Waals surface area contributed by atoms with E-state index in [9.17, 15) is 9.59 Å². The first-order valence-electron chi connectivity index (χ1n) is 4.93. The molecule has 2 amide bonds. The van der Waals surface area contributed by atoms with E-state index in [2.05, 4.69) is 0 Å². The van der Waals surface area contributed by atoms with E-state index in [-0.39, 0.29) is 5.91 Å². The predicted octanol–water partition coefficient (Wildman–Crippen LogP) is 1.52. The van der Waals surface area contributed by atoms with Crippen LogP contribution in [0.1, 0.15) is 33.6 Å². The first-order valence-corrected chi connectivity index (χ1v) is 4.93. The molecule has 1 aliphatic rings. The second kappa shape index (κ2) is 4.18. The van der Waals surface area contributed by atoms with E-state index in [1.165, 1.54) is 7.11 Å². The number of rotatable bonds is 1. The van der Waals surface area contributed by atoms with Crippen molar-refractivity contribution in [2.45, 2.75) is 45.4 Å².